The molecule has 126 valence electrons. The molecule has 5 heteroatoms. The highest BCUT2D eigenvalue weighted by molar-refractivity contribution is 5.33. The van der Waals surface area contributed by atoms with Gasteiger partial charge in [0.15, 0.2) is 0 Å². The lowest BCUT2D eigenvalue weighted by atomic mass is 10.1. The molecule has 1 aromatic carbocycles. The summed E-state index contributed by atoms with van der Waals surface area (Å²) in [6.07, 6.45) is 2.68. The standard InChI is InChI=1S/C19H22N2O3/c1-23-15-6-2-13(3-7-15)10-21-11-16-17(8-9-19(22)20-16)24-18(12-21)14-4-5-14/h2-3,6-9,14,18H,4-5,10-12H2,1H3,(H,20,22). The van der Waals surface area contributed by atoms with E-state index in [1.165, 1.54) is 18.4 Å². The van der Waals surface area contributed by atoms with E-state index < -0.39 is 0 Å². The first-order valence-electron chi connectivity index (χ1n) is 8.42. The summed E-state index contributed by atoms with van der Waals surface area (Å²) >= 11 is 0. The summed E-state index contributed by atoms with van der Waals surface area (Å²) in [6, 6.07) is 11.6. The van der Waals surface area contributed by atoms with Crippen molar-refractivity contribution in [2.45, 2.75) is 32.0 Å². The number of hydrogen-bond donors (Lipinski definition) is 1. The van der Waals surface area contributed by atoms with Gasteiger partial charge >= 0.3 is 0 Å². The molecule has 1 fully saturated rings. The number of aromatic hydroxyl groups is 1. The highest BCUT2D eigenvalue weighted by atomic mass is 16.5. The van der Waals surface area contributed by atoms with Crippen molar-refractivity contribution >= 4 is 0 Å². The molecular formula is C19H22N2O3. The number of aromatic nitrogens is 1. The van der Waals surface area contributed by atoms with E-state index in [1.54, 1.807) is 13.2 Å². The number of nitrogens with zero attached hydrogens (tertiary/aromatic N) is 2. The van der Waals surface area contributed by atoms with Crippen LogP contribution in [-0.4, -0.2) is 34.7 Å². The van der Waals surface area contributed by atoms with Crippen LogP contribution in [0, 0.1) is 5.92 Å². The van der Waals surface area contributed by atoms with E-state index in [4.69, 9.17) is 9.47 Å². The Labute approximate surface area is 141 Å². The van der Waals surface area contributed by atoms with Crippen molar-refractivity contribution in [3.05, 3.63) is 47.7 Å². The van der Waals surface area contributed by atoms with Gasteiger partial charge in [0.05, 0.1) is 7.11 Å². The molecule has 5 nitrogen and oxygen atoms in total. The summed E-state index contributed by atoms with van der Waals surface area (Å²) in [6.45, 7) is 2.39. The van der Waals surface area contributed by atoms with Crippen LogP contribution in [0.4, 0.5) is 0 Å². The molecule has 4 rings (SSSR count). The highest BCUT2D eigenvalue weighted by Gasteiger charge is 2.36. The van der Waals surface area contributed by atoms with Gasteiger partial charge in [-0.2, -0.15) is 0 Å². The molecule has 1 aliphatic carbocycles. The molecule has 0 radical (unpaired) electrons. The Morgan fingerprint density at radius 2 is 2.00 bits per heavy atom. The van der Waals surface area contributed by atoms with E-state index in [2.05, 4.69) is 22.0 Å². The SMILES string of the molecule is COc1ccc(CN2Cc3nc(O)ccc3OC(C3CC3)C2)cc1. The number of methoxy groups -OCH3 is 1. The smallest absolute Gasteiger partial charge is 0.211 e. The van der Waals surface area contributed by atoms with E-state index in [0.29, 0.717) is 12.5 Å². The van der Waals surface area contributed by atoms with Crippen molar-refractivity contribution in [1.29, 1.82) is 0 Å². The normalized spacial score (nSPS) is 20.8. The van der Waals surface area contributed by atoms with Gasteiger partial charge in [-0.25, -0.2) is 4.98 Å². The van der Waals surface area contributed by atoms with Gasteiger partial charge in [-0.05, 0) is 42.5 Å². The predicted molar refractivity (Wildman–Crippen MR) is 90.1 cm³/mol. The zero-order valence-electron chi connectivity index (χ0n) is 13.8. The Morgan fingerprint density at radius 3 is 2.71 bits per heavy atom. The molecule has 2 aliphatic rings. The number of fused-ring (bicyclic) bond motifs is 1. The summed E-state index contributed by atoms with van der Waals surface area (Å²) in [5.74, 6) is 2.36. The minimum Gasteiger partial charge on any atom is -0.497 e. The number of benzene rings is 1. The fraction of sp³-hybridized carbons (Fsp3) is 0.421. The van der Waals surface area contributed by atoms with Crippen LogP contribution in [0.5, 0.6) is 17.4 Å². The first-order chi connectivity index (χ1) is 11.7. The monoisotopic (exact) mass is 326 g/mol. The molecule has 1 aliphatic heterocycles. The van der Waals surface area contributed by atoms with Crippen LogP contribution in [0.1, 0.15) is 24.1 Å². The minimum absolute atomic E-state index is 0.0478. The van der Waals surface area contributed by atoms with Gasteiger partial charge in [0.1, 0.15) is 23.3 Å². The second-order valence-electron chi connectivity index (χ2n) is 6.63. The molecular weight excluding hydrogens is 304 g/mol. The zero-order chi connectivity index (χ0) is 16.5. The number of rotatable bonds is 4. The van der Waals surface area contributed by atoms with Crippen LogP contribution in [0.25, 0.3) is 0 Å². The fourth-order valence-electron chi connectivity index (χ4n) is 3.25. The number of ether oxygens (including phenoxy) is 2. The Bertz CT molecular complexity index is 713. The topological polar surface area (TPSA) is 54.8 Å². The van der Waals surface area contributed by atoms with Crippen LogP contribution in [-0.2, 0) is 13.1 Å². The van der Waals surface area contributed by atoms with Crippen molar-refractivity contribution < 1.29 is 14.6 Å². The Morgan fingerprint density at radius 1 is 1.21 bits per heavy atom. The van der Waals surface area contributed by atoms with Crippen LogP contribution < -0.4 is 9.47 Å². The summed E-state index contributed by atoms with van der Waals surface area (Å²) in [5, 5.41) is 9.70. The van der Waals surface area contributed by atoms with E-state index >= 15 is 0 Å². The maximum Gasteiger partial charge on any atom is 0.211 e. The van der Waals surface area contributed by atoms with Crippen LogP contribution in [0.2, 0.25) is 0 Å². The molecule has 2 heterocycles. The number of hydrogen-bond acceptors (Lipinski definition) is 5. The molecule has 0 spiro atoms. The average molecular weight is 326 g/mol. The van der Waals surface area contributed by atoms with Gasteiger partial charge in [-0.1, -0.05) is 12.1 Å². The van der Waals surface area contributed by atoms with Crippen LogP contribution in [0.3, 0.4) is 0 Å². The summed E-state index contributed by atoms with van der Waals surface area (Å²) in [5.41, 5.74) is 2.04. The largest absolute Gasteiger partial charge is 0.497 e. The first kappa shape index (κ1) is 15.3. The van der Waals surface area contributed by atoms with Crippen molar-refractivity contribution in [1.82, 2.24) is 9.88 Å². The van der Waals surface area contributed by atoms with E-state index in [0.717, 1.165) is 30.3 Å². The quantitative estimate of drug-likeness (QED) is 0.936. The number of pyridine rings is 1. The third-order valence-corrected chi connectivity index (χ3v) is 4.72. The molecule has 1 saturated carbocycles. The van der Waals surface area contributed by atoms with Crippen molar-refractivity contribution in [3.63, 3.8) is 0 Å². The highest BCUT2D eigenvalue weighted by Crippen LogP contribution is 2.38. The van der Waals surface area contributed by atoms with Gasteiger partial charge in [0.2, 0.25) is 5.88 Å². The molecule has 1 aromatic heterocycles. The van der Waals surface area contributed by atoms with Gasteiger partial charge in [-0.3, -0.25) is 4.90 Å². The van der Waals surface area contributed by atoms with Crippen molar-refractivity contribution in [2.75, 3.05) is 13.7 Å². The van der Waals surface area contributed by atoms with Crippen LogP contribution in [0.15, 0.2) is 36.4 Å². The molecule has 0 bridgehead atoms. The lowest BCUT2D eigenvalue weighted by Gasteiger charge is -2.23. The summed E-state index contributed by atoms with van der Waals surface area (Å²) < 4.78 is 11.4. The molecule has 24 heavy (non-hydrogen) atoms. The maximum absolute atomic E-state index is 9.70. The second-order valence-corrected chi connectivity index (χ2v) is 6.63. The fourth-order valence-corrected chi connectivity index (χ4v) is 3.25. The Kier molecular flexibility index (Phi) is 4.02. The molecule has 0 saturated heterocycles. The lowest BCUT2D eigenvalue weighted by molar-refractivity contribution is 0.125. The Balaban J connectivity index is 1.56. The average Bonchev–Trinajstić information content (AvgIpc) is 3.41. The lowest BCUT2D eigenvalue weighted by Crippen LogP contribution is -2.33. The third kappa shape index (κ3) is 3.31. The van der Waals surface area contributed by atoms with Gasteiger partial charge in [0.25, 0.3) is 0 Å². The second kappa shape index (κ2) is 6.32. The molecule has 1 N–H and O–H groups in total. The van der Waals surface area contributed by atoms with Crippen molar-refractivity contribution in [3.8, 4) is 17.4 Å². The van der Waals surface area contributed by atoms with Crippen LogP contribution >= 0.6 is 0 Å². The van der Waals surface area contributed by atoms with Gasteiger partial charge in [0, 0.05) is 25.7 Å². The minimum atomic E-state index is 0.0478. The molecule has 2 aromatic rings. The summed E-state index contributed by atoms with van der Waals surface area (Å²) in [4.78, 5) is 6.63. The predicted octanol–water partition coefficient (Wildman–Crippen LogP) is 2.97. The van der Waals surface area contributed by atoms with Crippen molar-refractivity contribution in [2.24, 2.45) is 5.92 Å². The third-order valence-electron chi connectivity index (χ3n) is 4.72. The van der Waals surface area contributed by atoms with Gasteiger partial charge in [-0.15, -0.1) is 0 Å². The van der Waals surface area contributed by atoms with Gasteiger partial charge < -0.3 is 14.6 Å². The maximum atomic E-state index is 9.70. The molecule has 0 amide bonds. The Hall–Kier alpha value is -2.27. The van der Waals surface area contributed by atoms with E-state index in [-0.39, 0.29) is 12.0 Å². The molecule has 1 unspecified atom stereocenters. The zero-order valence-corrected chi connectivity index (χ0v) is 13.8. The van der Waals surface area contributed by atoms with E-state index in [9.17, 15) is 5.11 Å². The molecule has 1 atom stereocenters. The summed E-state index contributed by atoms with van der Waals surface area (Å²) in [7, 11) is 1.68. The van der Waals surface area contributed by atoms with E-state index in [1.807, 2.05) is 18.2 Å². The first-order valence-corrected chi connectivity index (χ1v) is 8.42.